The largest absolute Gasteiger partial charge is 0.0654 e. The lowest BCUT2D eigenvalue weighted by Gasteiger charge is -2.32. The summed E-state index contributed by atoms with van der Waals surface area (Å²) < 4.78 is 0. The van der Waals surface area contributed by atoms with E-state index in [9.17, 15) is 0 Å². The number of hydrogen-bond donors (Lipinski definition) is 0. The second kappa shape index (κ2) is 12.6. The number of hydrogen-bond acceptors (Lipinski definition) is 0. The summed E-state index contributed by atoms with van der Waals surface area (Å²) in [4.78, 5) is 0. The van der Waals surface area contributed by atoms with Gasteiger partial charge in [-0.05, 0) is 41.2 Å². The van der Waals surface area contributed by atoms with E-state index in [0.29, 0.717) is 5.92 Å². The van der Waals surface area contributed by atoms with Crippen LogP contribution in [-0.4, -0.2) is 0 Å². The molecule has 144 valence electrons. The Morgan fingerprint density at radius 3 is 1.76 bits per heavy atom. The Hall–Kier alpha value is -0.780. The molecule has 0 nitrogen and oxygen atoms in total. The summed E-state index contributed by atoms with van der Waals surface area (Å²) in [5.74, 6) is 3.05. The van der Waals surface area contributed by atoms with Gasteiger partial charge in [0.2, 0.25) is 0 Å². The highest BCUT2D eigenvalue weighted by Crippen LogP contribution is 2.38. The smallest absolute Gasteiger partial charge is 0.0134 e. The predicted octanol–water partition coefficient (Wildman–Crippen LogP) is 8.72. The van der Waals surface area contributed by atoms with Gasteiger partial charge in [-0.15, -0.1) is 0 Å². The lowest BCUT2D eigenvalue weighted by molar-refractivity contribution is 0.252. The van der Waals surface area contributed by atoms with Gasteiger partial charge in [0.15, 0.2) is 0 Å². The first-order valence-electron chi connectivity index (χ1n) is 11.1. The van der Waals surface area contributed by atoms with Crippen molar-refractivity contribution in [2.75, 3.05) is 0 Å². The standard InChI is InChI=1S/C25H44/c1-7-10-12-15-25(21(6)23(13-9-3)14-11-8-2)24-18-16-22(17-19-24)20(4)5/h16-21,23,25H,7-15H2,1-6H3. The van der Waals surface area contributed by atoms with Gasteiger partial charge in [0.05, 0.1) is 0 Å². The lowest BCUT2D eigenvalue weighted by Crippen LogP contribution is -2.20. The van der Waals surface area contributed by atoms with Gasteiger partial charge in [-0.25, -0.2) is 0 Å². The first-order valence-corrected chi connectivity index (χ1v) is 11.1. The highest BCUT2D eigenvalue weighted by Gasteiger charge is 2.26. The monoisotopic (exact) mass is 344 g/mol. The van der Waals surface area contributed by atoms with Gasteiger partial charge in [-0.1, -0.05) is 117 Å². The van der Waals surface area contributed by atoms with Crippen LogP contribution in [0.25, 0.3) is 0 Å². The van der Waals surface area contributed by atoms with Crippen LogP contribution in [0.2, 0.25) is 0 Å². The molecule has 0 aliphatic carbocycles. The van der Waals surface area contributed by atoms with Crippen LogP contribution in [0.3, 0.4) is 0 Å². The van der Waals surface area contributed by atoms with Crippen molar-refractivity contribution in [1.82, 2.24) is 0 Å². The van der Waals surface area contributed by atoms with Crippen LogP contribution in [0.5, 0.6) is 0 Å². The molecule has 25 heavy (non-hydrogen) atoms. The normalized spacial score (nSPS) is 15.3. The van der Waals surface area contributed by atoms with E-state index in [1.165, 1.54) is 63.4 Å². The number of benzene rings is 1. The van der Waals surface area contributed by atoms with Crippen molar-refractivity contribution in [2.24, 2.45) is 11.8 Å². The minimum Gasteiger partial charge on any atom is -0.0654 e. The summed E-state index contributed by atoms with van der Waals surface area (Å²) in [6.07, 6.45) is 12.3. The minimum absolute atomic E-state index is 0.627. The fourth-order valence-corrected chi connectivity index (χ4v) is 4.31. The molecule has 0 saturated carbocycles. The first kappa shape index (κ1) is 22.3. The molecule has 0 heteroatoms. The van der Waals surface area contributed by atoms with Crippen LogP contribution in [-0.2, 0) is 0 Å². The predicted molar refractivity (Wildman–Crippen MR) is 115 cm³/mol. The first-order chi connectivity index (χ1) is 12.0. The Labute approximate surface area is 158 Å². The topological polar surface area (TPSA) is 0 Å². The molecule has 0 heterocycles. The van der Waals surface area contributed by atoms with E-state index >= 15 is 0 Å². The van der Waals surface area contributed by atoms with Gasteiger partial charge in [-0.2, -0.15) is 0 Å². The molecule has 0 N–H and O–H groups in total. The maximum absolute atomic E-state index is 2.54. The molecule has 0 saturated heterocycles. The fraction of sp³-hybridized carbons (Fsp3) is 0.760. The minimum atomic E-state index is 0.627. The molecule has 0 radical (unpaired) electrons. The van der Waals surface area contributed by atoms with Gasteiger partial charge in [0.25, 0.3) is 0 Å². The van der Waals surface area contributed by atoms with Crippen molar-refractivity contribution < 1.29 is 0 Å². The van der Waals surface area contributed by atoms with Crippen molar-refractivity contribution in [3.8, 4) is 0 Å². The van der Waals surface area contributed by atoms with Gasteiger partial charge in [0.1, 0.15) is 0 Å². The van der Waals surface area contributed by atoms with Gasteiger partial charge in [0, 0.05) is 0 Å². The zero-order valence-electron chi connectivity index (χ0n) is 18.0. The molecule has 0 fully saturated rings. The van der Waals surface area contributed by atoms with E-state index in [1.54, 1.807) is 5.56 Å². The lowest BCUT2D eigenvalue weighted by atomic mass is 9.73. The second-order valence-electron chi connectivity index (χ2n) is 8.47. The maximum atomic E-state index is 2.54. The van der Waals surface area contributed by atoms with Crippen LogP contribution in [0, 0.1) is 11.8 Å². The van der Waals surface area contributed by atoms with E-state index in [4.69, 9.17) is 0 Å². The van der Waals surface area contributed by atoms with E-state index in [-0.39, 0.29) is 0 Å². The summed E-state index contributed by atoms with van der Waals surface area (Å²) in [6.45, 7) is 14.1. The highest BCUT2D eigenvalue weighted by molar-refractivity contribution is 5.27. The van der Waals surface area contributed by atoms with E-state index < -0.39 is 0 Å². The molecular formula is C25H44. The van der Waals surface area contributed by atoms with Crippen molar-refractivity contribution in [2.45, 2.75) is 111 Å². The summed E-state index contributed by atoms with van der Waals surface area (Å²) >= 11 is 0. The zero-order valence-corrected chi connectivity index (χ0v) is 18.0. The van der Waals surface area contributed by atoms with Crippen molar-refractivity contribution in [3.05, 3.63) is 35.4 Å². The average Bonchev–Trinajstić information content (AvgIpc) is 2.62. The molecule has 3 atom stereocenters. The van der Waals surface area contributed by atoms with E-state index in [2.05, 4.69) is 65.8 Å². The van der Waals surface area contributed by atoms with E-state index in [1.807, 2.05) is 0 Å². The van der Waals surface area contributed by atoms with Gasteiger partial charge >= 0.3 is 0 Å². The molecule has 1 rings (SSSR count). The molecular weight excluding hydrogens is 300 g/mol. The molecule has 0 aliphatic heterocycles. The Morgan fingerprint density at radius 2 is 1.24 bits per heavy atom. The van der Waals surface area contributed by atoms with Crippen LogP contribution in [0.1, 0.15) is 122 Å². The maximum Gasteiger partial charge on any atom is -0.0134 e. The zero-order chi connectivity index (χ0) is 18.7. The van der Waals surface area contributed by atoms with Crippen molar-refractivity contribution in [3.63, 3.8) is 0 Å². The molecule has 0 aliphatic rings. The van der Waals surface area contributed by atoms with Crippen molar-refractivity contribution >= 4 is 0 Å². The molecule has 0 aromatic heterocycles. The Kier molecular flexibility index (Phi) is 11.2. The molecule has 3 unspecified atom stereocenters. The summed E-state index contributed by atoms with van der Waals surface area (Å²) in [7, 11) is 0. The van der Waals surface area contributed by atoms with E-state index in [0.717, 1.165) is 17.8 Å². The Bertz CT molecular complexity index is 428. The van der Waals surface area contributed by atoms with Crippen molar-refractivity contribution in [1.29, 1.82) is 0 Å². The summed E-state index contributed by atoms with van der Waals surface area (Å²) in [6, 6.07) is 9.62. The van der Waals surface area contributed by atoms with Crippen LogP contribution in [0.15, 0.2) is 24.3 Å². The molecule has 0 spiro atoms. The molecule has 1 aromatic carbocycles. The van der Waals surface area contributed by atoms with Gasteiger partial charge in [-0.3, -0.25) is 0 Å². The van der Waals surface area contributed by atoms with Crippen LogP contribution < -0.4 is 0 Å². The third-order valence-electron chi connectivity index (χ3n) is 6.12. The molecule has 1 aromatic rings. The highest BCUT2D eigenvalue weighted by atomic mass is 14.3. The summed E-state index contributed by atoms with van der Waals surface area (Å²) in [5.41, 5.74) is 3.06. The second-order valence-corrected chi connectivity index (χ2v) is 8.47. The van der Waals surface area contributed by atoms with Crippen LogP contribution in [0.4, 0.5) is 0 Å². The third-order valence-corrected chi connectivity index (χ3v) is 6.12. The molecule has 0 bridgehead atoms. The Balaban J connectivity index is 2.95. The number of rotatable bonds is 13. The van der Waals surface area contributed by atoms with Crippen LogP contribution >= 0.6 is 0 Å². The fourth-order valence-electron chi connectivity index (χ4n) is 4.31. The SMILES string of the molecule is CCCCCC(c1ccc(C(C)C)cc1)C(C)C(CCC)CCCC. The van der Waals surface area contributed by atoms with Gasteiger partial charge < -0.3 is 0 Å². The molecule has 0 amide bonds. The quantitative estimate of drug-likeness (QED) is 0.314. The average molecular weight is 345 g/mol. The Morgan fingerprint density at radius 1 is 0.640 bits per heavy atom. The number of unbranched alkanes of at least 4 members (excludes halogenated alkanes) is 3. The summed E-state index contributed by atoms with van der Waals surface area (Å²) in [5, 5.41) is 0. The third kappa shape index (κ3) is 7.55.